The van der Waals surface area contributed by atoms with E-state index in [1.807, 2.05) is 5.38 Å². The van der Waals surface area contributed by atoms with Crippen molar-refractivity contribution < 1.29 is 8.42 Å². The minimum Gasteiger partial charge on any atom is -0.312 e. The molecule has 0 radical (unpaired) electrons. The first-order valence-corrected chi connectivity index (χ1v) is 10.2. The van der Waals surface area contributed by atoms with Gasteiger partial charge in [0.1, 0.15) is 0 Å². The first-order valence-electron chi connectivity index (χ1n) is 7.84. The second-order valence-corrected chi connectivity index (χ2v) is 8.56. The van der Waals surface area contributed by atoms with Crippen LogP contribution in [-0.4, -0.2) is 21.0 Å². The van der Waals surface area contributed by atoms with Crippen LogP contribution >= 0.6 is 11.3 Å². The van der Waals surface area contributed by atoms with Crippen molar-refractivity contribution in [1.82, 2.24) is 10.0 Å². The van der Waals surface area contributed by atoms with E-state index in [1.165, 1.54) is 17.8 Å². The van der Waals surface area contributed by atoms with Crippen LogP contribution in [0.15, 0.2) is 16.3 Å². The molecule has 1 aliphatic carbocycles. The normalized spacial score (nSPS) is 23.3. The van der Waals surface area contributed by atoms with E-state index in [2.05, 4.69) is 23.9 Å². The van der Waals surface area contributed by atoms with E-state index in [4.69, 9.17) is 0 Å². The molecule has 0 spiro atoms. The van der Waals surface area contributed by atoms with Gasteiger partial charge in [-0.25, -0.2) is 13.1 Å². The summed E-state index contributed by atoms with van der Waals surface area (Å²) < 4.78 is 28.2. The van der Waals surface area contributed by atoms with Crippen LogP contribution in [0.1, 0.15) is 50.8 Å². The van der Waals surface area contributed by atoms with E-state index in [0.29, 0.717) is 17.4 Å². The zero-order valence-electron chi connectivity index (χ0n) is 12.9. The molecular weight excluding hydrogens is 304 g/mol. The summed E-state index contributed by atoms with van der Waals surface area (Å²) in [6.07, 6.45) is 5.44. The molecule has 1 aromatic heterocycles. The summed E-state index contributed by atoms with van der Waals surface area (Å²) in [6.45, 7) is 5.78. The molecule has 120 valence electrons. The van der Waals surface area contributed by atoms with Gasteiger partial charge in [0.2, 0.25) is 10.0 Å². The highest BCUT2D eigenvalue weighted by molar-refractivity contribution is 7.89. The number of hydrogen-bond donors (Lipinski definition) is 2. The molecule has 1 saturated carbocycles. The number of hydrogen-bond acceptors (Lipinski definition) is 4. The summed E-state index contributed by atoms with van der Waals surface area (Å²) in [6, 6.07) is 1.81. The van der Waals surface area contributed by atoms with Crippen molar-refractivity contribution in [3.8, 4) is 0 Å². The van der Waals surface area contributed by atoms with Crippen molar-refractivity contribution in [2.75, 3.05) is 6.54 Å². The topological polar surface area (TPSA) is 58.2 Å². The van der Waals surface area contributed by atoms with Crippen LogP contribution in [0.25, 0.3) is 0 Å². The number of thiophene rings is 1. The van der Waals surface area contributed by atoms with Gasteiger partial charge in [-0.15, -0.1) is 11.3 Å². The van der Waals surface area contributed by atoms with Crippen molar-refractivity contribution >= 4 is 21.4 Å². The zero-order chi connectivity index (χ0) is 15.3. The molecule has 2 unspecified atom stereocenters. The number of rotatable bonds is 7. The fourth-order valence-electron chi connectivity index (χ4n) is 2.83. The van der Waals surface area contributed by atoms with Gasteiger partial charge < -0.3 is 5.32 Å². The molecule has 1 fully saturated rings. The Bertz CT molecular complexity index is 540. The molecule has 21 heavy (non-hydrogen) atoms. The Hall–Kier alpha value is -0.430. The summed E-state index contributed by atoms with van der Waals surface area (Å²) in [5.41, 5.74) is 0. The third-order valence-corrected chi connectivity index (χ3v) is 6.75. The lowest BCUT2D eigenvalue weighted by Crippen LogP contribution is -2.41. The van der Waals surface area contributed by atoms with Gasteiger partial charge in [0, 0.05) is 17.5 Å². The summed E-state index contributed by atoms with van der Waals surface area (Å²) >= 11 is 1.51. The highest BCUT2D eigenvalue weighted by Gasteiger charge is 2.28. The predicted octanol–water partition coefficient (Wildman–Crippen LogP) is 3.10. The van der Waals surface area contributed by atoms with Crippen LogP contribution in [0.3, 0.4) is 0 Å². The maximum atomic E-state index is 12.6. The molecular formula is C15H26N2O2S2. The zero-order valence-corrected chi connectivity index (χ0v) is 14.5. The first kappa shape index (κ1) is 16.9. The predicted molar refractivity (Wildman–Crippen MR) is 88.1 cm³/mol. The van der Waals surface area contributed by atoms with Crippen molar-refractivity contribution in [3.05, 3.63) is 16.3 Å². The Morgan fingerprint density at radius 3 is 2.81 bits per heavy atom. The lowest BCUT2D eigenvalue weighted by atomic mass is 9.87. The van der Waals surface area contributed by atoms with Gasteiger partial charge in [0.05, 0.1) is 4.90 Å². The van der Waals surface area contributed by atoms with Crippen molar-refractivity contribution in [3.63, 3.8) is 0 Å². The molecule has 2 atom stereocenters. The summed E-state index contributed by atoms with van der Waals surface area (Å²) in [5.74, 6) is 0.425. The third kappa shape index (κ3) is 4.52. The van der Waals surface area contributed by atoms with Crippen molar-refractivity contribution in [1.29, 1.82) is 0 Å². The summed E-state index contributed by atoms with van der Waals surface area (Å²) in [5, 5.41) is 5.14. The molecule has 0 amide bonds. The van der Waals surface area contributed by atoms with E-state index in [0.717, 1.165) is 37.1 Å². The largest absolute Gasteiger partial charge is 0.312 e. The van der Waals surface area contributed by atoms with Crippen LogP contribution in [0.5, 0.6) is 0 Å². The Morgan fingerprint density at radius 1 is 1.33 bits per heavy atom. The highest BCUT2D eigenvalue weighted by atomic mass is 32.2. The van der Waals surface area contributed by atoms with Gasteiger partial charge in [-0.3, -0.25) is 0 Å². The molecule has 1 aromatic rings. The molecule has 0 saturated heterocycles. The summed E-state index contributed by atoms with van der Waals surface area (Å²) in [4.78, 5) is 1.35. The molecule has 0 bridgehead atoms. The van der Waals surface area contributed by atoms with Gasteiger partial charge in [-0.05, 0) is 43.2 Å². The average molecular weight is 331 g/mol. The Labute approximate surface area is 132 Å². The molecule has 6 heteroatoms. The number of nitrogens with one attached hydrogen (secondary N) is 2. The fraction of sp³-hybridized carbons (Fsp3) is 0.733. The van der Waals surface area contributed by atoms with Gasteiger partial charge in [0.15, 0.2) is 0 Å². The van der Waals surface area contributed by atoms with E-state index >= 15 is 0 Å². The first-order chi connectivity index (χ1) is 10.0. The van der Waals surface area contributed by atoms with E-state index in [9.17, 15) is 8.42 Å². The minimum absolute atomic E-state index is 0.0834. The molecule has 1 aliphatic rings. The second-order valence-electron chi connectivity index (χ2n) is 5.87. The second kappa shape index (κ2) is 7.72. The van der Waals surface area contributed by atoms with Gasteiger partial charge in [-0.1, -0.05) is 26.7 Å². The minimum atomic E-state index is -3.40. The Kier molecular flexibility index (Phi) is 6.22. The van der Waals surface area contributed by atoms with E-state index in [1.54, 1.807) is 6.07 Å². The Balaban J connectivity index is 2.06. The SMILES string of the molecule is CCCNCc1sccc1S(=O)(=O)NC1CCCCC1C. The standard InChI is InChI=1S/C15H26N2O2S2/c1-3-9-16-11-14-15(8-10-20-14)21(18,19)17-13-7-5-4-6-12(13)2/h8,10,12-13,16-17H,3-7,9,11H2,1-2H3. The van der Waals surface area contributed by atoms with Crippen LogP contribution in [-0.2, 0) is 16.6 Å². The van der Waals surface area contributed by atoms with Crippen LogP contribution in [0.4, 0.5) is 0 Å². The smallest absolute Gasteiger partial charge is 0.241 e. The maximum absolute atomic E-state index is 12.6. The third-order valence-electron chi connectivity index (χ3n) is 4.12. The van der Waals surface area contributed by atoms with E-state index < -0.39 is 10.0 Å². The maximum Gasteiger partial charge on any atom is 0.241 e. The van der Waals surface area contributed by atoms with E-state index in [-0.39, 0.29) is 6.04 Å². The lowest BCUT2D eigenvalue weighted by Gasteiger charge is -2.29. The summed E-state index contributed by atoms with van der Waals surface area (Å²) in [7, 11) is -3.40. The lowest BCUT2D eigenvalue weighted by molar-refractivity contribution is 0.310. The van der Waals surface area contributed by atoms with Crippen molar-refractivity contribution in [2.24, 2.45) is 5.92 Å². The monoisotopic (exact) mass is 330 g/mol. The Morgan fingerprint density at radius 2 is 2.10 bits per heavy atom. The van der Waals surface area contributed by atoms with Gasteiger partial charge in [0.25, 0.3) is 0 Å². The van der Waals surface area contributed by atoms with Crippen molar-refractivity contribution in [2.45, 2.75) is 63.4 Å². The molecule has 0 aromatic carbocycles. The quantitative estimate of drug-likeness (QED) is 0.755. The van der Waals surface area contributed by atoms with Crippen LogP contribution in [0.2, 0.25) is 0 Å². The van der Waals surface area contributed by atoms with Gasteiger partial charge in [-0.2, -0.15) is 0 Å². The van der Waals surface area contributed by atoms with Gasteiger partial charge >= 0.3 is 0 Å². The number of sulfonamides is 1. The highest BCUT2D eigenvalue weighted by Crippen LogP contribution is 2.27. The molecule has 0 aliphatic heterocycles. The van der Waals surface area contributed by atoms with Crippen LogP contribution < -0.4 is 10.0 Å². The molecule has 1 heterocycles. The fourth-order valence-corrected chi connectivity index (χ4v) is 5.62. The molecule has 4 nitrogen and oxygen atoms in total. The van der Waals surface area contributed by atoms with Crippen LogP contribution in [0, 0.1) is 5.92 Å². The average Bonchev–Trinajstić information content (AvgIpc) is 2.91. The molecule has 2 rings (SSSR count). The molecule has 2 N–H and O–H groups in total.